The van der Waals surface area contributed by atoms with Crippen molar-refractivity contribution in [1.82, 2.24) is 0 Å². The Labute approximate surface area is 72.0 Å². The quantitative estimate of drug-likeness (QED) is 0.695. The fraction of sp³-hybridized carbons (Fsp3) is 1.00. The van der Waals surface area contributed by atoms with Crippen LogP contribution < -0.4 is 0 Å². The Kier molecular flexibility index (Phi) is 6.80. The summed E-state index contributed by atoms with van der Waals surface area (Å²) < 4.78 is 0. The van der Waals surface area contributed by atoms with Crippen LogP contribution in [0.25, 0.3) is 0 Å². The normalized spacial score (nSPS) is 14.1. The lowest BCUT2D eigenvalue weighted by molar-refractivity contribution is 0.149. The predicted molar refractivity (Wildman–Crippen MR) is 51.9 cm³/mol. The van der Waals surface area contributed by atoms with Gasteiger partial charge in [0.05, 0.1) is 6.10 Å². The number of aliphatic hydroxyl groups excluding tert-OH is 1. The number of aliphatic hydroxyl groups is 1. The van der Waals surface area contributed by atoms with Crippen molar-refractivity contribution in [3.05, 3.63) is 0 Å². The summed E-state index contributed by atoms with van der Waals surface area (Å²) in [6.07, 6.45) is 4.01. The van der Waals surface area contributed by atoms with Crippen molar-refractivity contribution in [2.45, 2.75) is 13.0 Å². The van der Waals surface area contributed by atoms with Crippen LogP contribution >= 0.6 is 23.5 Å². The SMILES string of the molecule is CSCC(CSC)C(C)O. The van der Waals surface area contributed by atoms with Crippen LogP contribution in [-0.4, -0.2) is 35.2 Å². The van der Waals surface area contributed by atoms with Gasteiger partial charge in [0, 0.05) is 5.92 Å². The molecule has 1 N–H and O–H groups in total. The van der Waals surface area contributed by atoms with E-state index in [1.54, 1.807) is 23.5 Å². The highest BCUT2D eigenvalue weighted by atomic mass is 32.2. The molecule has 0 aromatic rings. The van der Waals surface area contributed by atoms with Gasteiger partial charge in [-0.2, -0.15) is 23.5 Å². The smallest absolute Gasteiger partial charge is 0.0556 e. The first-order valence-electron chi connectivity index (χ1n) is 3.38. The molecule has 10 heavy (non-hydrogen) atoms. The summed E-state index contributed by atoms with van der Waals surface area (Å²) in [6.45, 7) is 1.87. The molecular formula is C7H16OS2. The van der Waals surface area contributed by atoms with Crippen molar-refractivity contribution >= 4 is 23.5 Å². The molecule has 0 amide bonds. The minimum Gasteiger partial charge on any atom is -0.393 e. The van der Waals surface area contributed by atoms with Gasteiger partial charge in [-0.15, -0.1) is 0 Å². The minimum absolute atomic E-state index is 0.153. The van der Waals surface area contributed by atoms with Crippen molar-refractivity contribution in [2.24, 2.45) is 5.92 Å². The van der Waals surface area contributed by atoms with Gasteiger partial charge < -0.3 is 5.11 Å². The fourth-order valence-corrected chi connectivity index (χ4v) is 2.55. The summed E-state index contributed by atoms with van der Waals surface area (Å²) in [6, 6.07) is 0. The highest BCUT2D eigenvalue weighted by Crippen LogP contribution is 2.14. The number of hydrogen-bond donors (Lipinski definition) is 1. The Morgan fingerprint density at radius 1 is 1.20 bits per heavy atom. The molecule has 0 aromatic carbocycles. The van der Waals surface area contributed by atoms with Gasteiger partial charge in [-0.3, -0.25) is 0 Å². The average molecular weight is 180 g/mol. The molecule has 0 radical (unpaired) electrons. The molecule has 62 valence electrons. The van der Waals surface area contributed by atoms with E-state index < -0.39 is 0 Å². The maximum absolute atomic E-state index is 9.25. The van der Waals surface area contributed by atoms with Gasteiger partial charge in [-0.05, 0) is 30.9 Å². The summed E-state index contributed by atoms with van der Waals surface area (Å²) in [5.74, 6) is 2.60. The second kappa shape index (κ2) is 6.38. The lowest BCUT2D eigenvalue weighted by Crippen LogP contribution is -2.21. The van der Waals surface area contributed by atoms with Crippen LogP contribution in [0, 0.1) is 5.92 Å². The summed E-state index contributed by atoms with van der Waals surface area (Å²) in [5, 5.41) is 9.25. The molecule has 0 fully saturated rings. The van der Waals surface area contributed by atoms with Crippen molar-refractivity contribution in [3.8, 4) is 0 Å². The Bertz CT molecular complexity index is 70.0. The summed E-state index contributed by atoms with van der Waals surface area (Å²) >= 11 is 3.61. The molecule has 0 saturated heterocycles. The highest BCUT2D eigenvalue weighted by Gasteiger charge is 2.12. The monoisotopic (exact) mass is 180 g/mol. The first-order valence-corrected chi connectivity index (χ1v) is 6.17. The average Bonchev–Trinajstić information content (AvgIpc) is 1.87. The maximum Gasteiger partial charge on any atom is 0.0556 e. The van der Waals surface area contributed by atoms with E-state index in [2.05, 4.69) is 12.5 Å². The molecule has 0 aliphatic heterocycles. The molecule has 0 saturated carbocycles. The summed E-state index contributed by atoms with van der Waals surface area (Å²) in [7, 11) is 0. The maximum atomic E-state index is 9.25. The highest BCUT2D eigenvalue weighted by molar-refractivity contribution is 7.99. The van der Waals surface area contributed by atoms with Gasteiger partial charge >= 0.3 is 0 Å². The molecule has 0 aromatic heterocycles. The molecule has 0 rings (SSSR count). The third-order valence-electron chi connectivity index (χ3n) is 1.44. The van der Waals surface area contributed by atoms with Crippen LogP contribution in [0.1, 0.15) is 6.92 Å². The molecule has 0 spiro atoms. The van der Waals surface area contributed by atoms with Crippen molar-refractivity contribution < 1.29 is 5.11 Å². The molecule has 3 heteroatoms. The van der Waals surface area contributed by atoms with E-state index in [0.29, 0.717) is 5.92 Å². The Hall–Kier alpha value is 0.660. The summed E-state index contributed by atoms with van der Waals surface area (Å²) in [4.78, 5) is 0. The van der Waals surface area contributed by atoms with Gasteiger partial charge in [0.25, 0.3) is 0 Å². The van der Waals surface area contributed by atoms with E-state index in [9.17, 15) is 5.11 Å². The molecule has 1 nitrogen and oxygen atoms in total. The first-order chi connectivity index (χ1) is 4.72. The van der Waals surface area contributed by atoms with Crippen LogP contribution in [0.2, 0.25) is 0 Å². The molecule has 0 bridgehead atoms. The van der Waals surface area contributed by atoms with Crippen molar-refractivity contribution in [1.29, 1.82) is 0 Å². The van der Waals surface area contributed by atoms with Crippen molar-refractivity contribution in [2.75, 3.05) is 24.0 Å². The van der Waals surface area contributed by atoms with Gasteiger partial charge in [0.1, 0.15) is 0 Å². The third-order valence-corrected chi connectivity index (χ3v) is 2.97. The Morgan fingerprint density at radius 2 is 1.60 bits per heavy atom. The standard InChI is InChI=1S/C7H16OS2/c1-6(8)7(4-9-2)5-10-3/h6-8H,4-5H2,1-3H3. The van der Waals surface area contributed by atoms with Gasteiger partial charge in [0.15, 0.2) is 0 Å². The van der Waals surface area contributed by atoms with Gasteiger partial charge in [-0.25, -0.2) is 0 Å². The zero-order valence-corrected chi connectivity index (χ0v) is 8.47. The Morgan fingerprint density at radius 3 is 1.80 bits per heavy atom. The van der Waals surface area contributed by atoms with Crippen LogP contribution in [0.4, 0.5) is 0 Å². The molecule has 0 heterocycles. The van der Waals surface area contributed by atoms with Crippen LogP contribution in [0.3, 0.4) is 0 Å². The van der Waals surface area contributed by atoms with Gasteiger partial charge in [0.2, 0.25) is 0 Å². The third kappa shape index (κ3) is 4.47. The Balaban J connectivity index is 3.50. The second-order valence-corrected chi connectivity index (χ2v) is 4.23. The second-order valence-electron chi connectivity index (χ2n) is 2.41. The number of hydrogen-bond acceptors (Lipinski definition) is 3. The first kappa shape index (κ1) is 10.7. The molecule has 0 aliphatic carbocycles. The molecular weight excluding hydrogens is 164 g/mol. The van der Waals surface area contributed by atoms with E-state index >= 15 is 0 Å². The van der Waals surface area contributed by atoms with Crippen LogP contribution in [-0.2, 0) is 0 Å². The molecule has 1 unspecified atom stereocenters. The van der Waals surface area contributed by atoms with Crippen LogP contribution in [0.15, 0.2) is 0 Å². The van der Waals surface area contributed by atoms with E-state index in [-0.39, 0.29) is 6.10 Å². The molecule has 1 atom stereocenters. The number of rotatable bonds is 5. The minimum atomic E-state index is -0.153. The topological polar surface area (TPSA) is 20.2 Å². The predicted octanol–water partition coefficient (Wildman–Crippen LogP) is 1.71. The fourth-order valence-electron chi connectivity index (χ4n) is 0.755. The van der Waals surface area contributed by atoms with E-state index in [1.807, 2.05) is 6.92 Å². The van der Waals surface area contributed by atoms with E-state index in [4.69, 9.17) is 0 Å². The van der Waals surface area contributed by atoms with Crippen LogP contribution in [0.5, 0.6) is 0 Å². The van der Waals surface area contributed by atoms with E-state index in [1.165, 1.54) is 0 Å². The lowest BCUT2D eigenvalue weighted by atomic mass is 10.1. The largest absolute Gasteiger partial charge is 0.393 e. The number of thioether (sulfide) groups is 2. The lowest BCUT2D eigenvalue weighted by Gasteiger charge is -2.16. The van der Waals surface area contributed by atoms with Gasteiger partial charge in [-0.1, -0.05) is 0 Å². The zero-order valence-electron chi connectivity index (χ0n) is 6.83. The summed E-state index contributed by atoms with van der Waals surface area (Å²) in [5.41, 5.74) is 0. The molecule has 0 aliphatic rings. The zero-order chi connectivity index (χ0) is 7.98. The van der Waals surface area contributed by atoms with Crippen molar-refractivity contribution in [3.63, 3.8) is 0 Å². The van der Waals surface area contributed by atoms with E-state index in [0.717, 1.165) is 11.5 Å².